The van der Waals surface area contributed by atoms with Gasteiger partial charge in [0.15, 0.2) is 0 Å². The van der Waals surface area contributed by atoms with Crippen LogP contribution in [0.4, 0.5) is 10.0 Å². The van der Waals surface area contributed by atoms with Crippen molar-refractivity contribution >= 4 is 108 Å². The zero-order valence-electron chi connectivity index (χ0n) is 23.2. The quantitative estimate of drug-likeness (QED) is 0.111. The maximum Gasteiger partial charge on any atom is 0.350 e. The first-order chi connectivity index (χ1) is 20.6. The Kier molecular flexibility index (Phi) is 6.20. The number of rotatable bonds is 4. The maximum atomic E-state index is 9.13. The number of allylic oxidation sites excluding steroid dienone is 4. The van der Waals surface area contributed by atoms with Gasteiger partial charge in [-0.2, -0.15) is 0 Å². The molecule has 0 saturated carbocycles. The van der Waals surface area contributed by atoms with Crippen LogP contribution in [0.2, 0.25) is 0 Å². The van der Waals surface area contributed by atoms with Crippen molar-refractivity contribution in [2.24, 2.45) is 15.4 Å². The number of aliphatic imine (C=N–C) groups is 2. The summed E-state index contributed by atoms with van der Waals surface area (Å²) >= 11 is 8.58. The molecular formula is C32H18N6S5. The highest BCUT2D eigenvalue weighted by atomic mass is 32.1. The molecule has 43 heavy (non-hydrogen) atoms. The standard InChI is InChI=1S/C32H18N6S5/c1-31(2)15(17-7-9-23(39-17)37-21(13-33)35-5)11-16-25(31)28-26(32(16,3)4)29-30(43-28)27-20(42-29)12-19(41-27)18-8-10-24(40-18)38-22(14-34)36-6/h7-12H,1-4H3. The molecule has 0 bridgehead atoms. The molecule has 6 nitrogen and oxygen atoms in total. The lowest BCUT2D eigenvalue weighted by Crippen LogP contribution is -2.15. The van der Waals surface area contributed by atoms with E-state index in [4.69, 9.17) is 23.7 Å². The van der Waals surface area contributed by atoms with Gasteiger partial charge in [0.2, 0.25) is 10.0 Å². The minimum Gasteiger partial charge on any atom is -0.351 e. The van der Waals surface area contributed by atoms with Crippen LogP contribution in [-0.4, -0.2) is 11.7 Å². The Morgan fingerprint density at radius 3 is 2.00 bits per heavy atom. The summed E-state index contributed by atoms with van der Waals surface area (Å²) in [5.74, 6) is -0.303. The van der Waals surface area contributed by atoms with E-state index in [1.54, 1.807) is 11.3 Å². The Bertz CT molecular complexity index is 2310. The summed E-state index contributed by atoms with van der Waals surface area (Å²) in [6, 6.07) is 13.8. The van der Waals surface area contributed by atoms with Crippen LogP contribution in [0, 0.1) is 41.2 Å². The van der Waals surface area contributed by atoms with E-state index in [1.807, 2.05) is 53.0 Å². The average Bonchev–Trinajstić information content (AvgIpc) is 3.81. The fraction of sp³-hybridized carbons (Fsp3) is 0.188. The third kappa shape index (κ3) is 4.02. The molecule has 0 spiro atoms. The summed E-state index contributed by atoms with van der Waals surface area (Å²) in [7, 11) is 0. The van der Waals surface area contributed by atoms with Crippen LogP contribution < -0.4 is 0 Å². The van der Waals surface area contributed by atoms with E-state index < -0.39 is 0 Å². The highest BCUT2D eigenvalue weighted by molar-refractivity contribution is 7.40. The lowest BCUT2D eigenvalue weighted by Gasteiger charge is -2.26. The molecule has 206 valence electrons. The van der Waals surface area contributed by atoms with E-state index in [-0.39, 0.29) is 22.5 Å². The van der Waals surface area contributed by atoms with E-state index in [2.05, 4.69) is 65.6 Å². The van der Waals surface area contributed by atoms with E-state index in [0.717, 1.165) is 9.75 Å². The van der Waals surface area contributed by atoms with Crippen molar-refractivity contribution in [1.82, 2.24) is 0 Å². The van der Waals surface area contributed by atoms with Crippen molar-refractivity contribution in [3.05, 3.63) is 80.1 Å². The van der Waals surface area contributed by atoms with E-state index >= 15 is 0 Å². The zero-order valence-corrected chi connectivity index (χ0v) is 27.3. The smallest absolute Gasteiger partial charge is 0.350 e. The van der Waals surface area contributed by atoms with E-state index in [9.17, 15) is 0 Å². The monoisotopic (exact) mass is 646 g/mol. The van der Waals surface area contributed by atoms with Crippen LogP contribution in [0.3, 0.4) is 0 Å². The number of hydrogen-bond donors (Lipinski definition) is 0. The molecule has 0 aromatic carbocycles. The topological polar surface area (TPSA) is 81.0 Å². The van der Waals surface area contributed by atoms with Crippen molar-refractivity contribution in [2.45, 2.75) is 33.1 Å². The number of fused-ring (bicyclic) bond motifs is 6. The predicted molar refractivity (Wildman–Crippen MR) is 183 cm³/mol. The van der Waals surface area contributed by atoms with Crippen molar-refractivity contribution < 1.29 is 0 Å². The first kappa shape index (κ1) is 27.6. The fourth-order valence-electron chi connectivity index (χ4n) is 5.94. The molecule has 0 atom stereocenters. The Morgan fingerprint density at radius 1 is 0.744 bits per heavy atom. The molecule has 0 aliphatic heterocycles. The minimum absolute atomic E-state index is 0.143. The third-order valence-electron chi connectivity index (χ3n) is 7.90. The normalized spacial score (nSPS) is 17.0. The lowest BCUT2D eigenvalue weighted by atomic mass is 9.79. The van der Waals surface area contributed by atoms with Gasteiger partial charge in [0.25, 0.3) is 0 Å². The van der Waals surface area contributed by atoms with Crippen molar-refractivity contribution in [2.75, 3.05) is 0 Å². The second kappa shape index (κ2) is 9.66. The molecule has 0 unspecified atom stereocenters. The molecule has 5 aromatic rings. The molecule has 5 aromatic heterocycles. The Hall–Kier alpha value is -4.20. The van der Waals surface area contributed by atoms with E-state index in [0.29, 0.717) is 10.0 Å². The summed E-state index contributed by atoms with van der Waals surface area (Å²) in [5, 5.41) is 19.5. The van der Waals surface area contributed by atoms with Gasteiger partial charge in [-0.1, -0.05) is 79.6 Å². The summed E-state index contributed by atoms with van der Waals surface area (Å²) < 4.78 is 5.31. The van der Waals surface area contributed by atoms with Gasteiger partial charge >= 0.3 is 11.7 Å². The summed E-state index contributed by atoms with van der Waals surface area (Å²) in [6.45, 7) is 23.5. The molecule has 2 aliphatic rings. The van der Waals surface area contributed by atoms with Crippen LogP contribution in [-0.2, 0) is 5.41 Å². The van der Waals surface area contributed by atoms with Gasteiger partial charge in [0, 0.05) is 35.0 Å². The van der Waals surface area contributed by atoms with Crippen molar-refractivity contribution in [3.63, 3.8) is 0 Å². The summed E-state index contributed by atoms with van der Waals surface area (Å²) in [5.41, 5.74) is 5.09. The van der Waals surface area contributed by atoms with Gasteiger partial charge in [-0.05, 0) is 52.6 Å². The predicted octanol–water partition coefficient (Wildman–Crippen LogP) is 11.1. The van der Waals surface area contributed by atoms with Crippen LogP contribution in [0.15, 0.2) is 52.0 Å². The lowest BCUT2D eigenvalue weighted by molar-refractivity contribution is 0.660. The largest absolute Gasteiger partial charge is 0.351 e. The average molecular weight is 647 g/mol. The molecule has 0 amide bonds. The van der Waals surface area contributed by atoms with Gasteiger partial charge in [-0.3, -0.25) is 0 Å². The molecule has 0 saturated heterocycles. The molecular weight excluding hydrogens is 629 g/mol. The van der Waals surface area contributed by atoms with E-state index in [1.165, 1.54) is 73.5 Å². The maximum absolute atomic E-state index is 9.13. The SMILES string of the molecule is [C-]#[N+]C(C#N)=Nc1ccc(C2=CC3=C(c4sc5c(sc6cc(-c7ccc(N=C(C#N)[N+]#[C-])s7)sc65)c4C3(C)C)C2(C)C)s1. The Balaban J connectivity index is 1.28. The number of nitriles is 2. The van der Waals surface area contributed by atoms with Crippen LogP contribution in [0.5, 0.6) is 0 Å². The molecule has 5 heterocycles. The second-order valence-corrected chi connectivity index (χ2v) is 16.3. The molecule has 0 radical (unpaired) electrons. The van der Waals surface area contributed by atoms with Crippen molar-refractivity contribution in [1.29, 1.82) is 10.5 Å². The fourth-order valence-corrected chi connectivity index (χ4v) is 12.7. The van der Waals surface area contributed by atoms with Gasteiger partial charge < -0.3 is 9.69 Å². The Labute approximate surface area is 267 Å². The van der Waals surface area contributed by atoms with Crippen molar-refractivity contribution in [3.8, 4) is 21.9 Å². The van der Waals surface area contributed by atoms with Gasteiger partial charge in [-0.25, -0.2) is 10.5 Å². The number of nitrogens with zero attached hydrogens (tertiary/aromatic N) is 6. The van der Waals surface area contributed by atoms with Gasteiger partial charge in [-0.15, -0.1) is 34.0 Å². The highest BCUT2D eigenvalue weighted by Crippen LogP contribution is 2.66. The van der Waals surface area contributed by atoms with Crippen LogP contribution in [0.1, 0.15) is 43.0 Å². The van der Waals surface area contributed by atoms with Gasteiger partial charge in [0.05, 0.1) is 14.1 Å². The van der Waals surface area contributed by atoms with Gasteiger partial charge in [0.1, 0.15) is 12.1 Å². The molecule has 0 N–H and O–H groups in total. The van der Waals surface area contributed by atoms with Crippen LogP contribution in [0.25, 0.3) is 49.4 Å². The number of thiophene rings is 5. The first-order valence-electron chi connectivity index (χ1n) is 13.0. The molecule has 11 heteroatoms. The molecule has 0 fully saturated rings. The number of hydrogen-bond acceptors (Lipinski definition) is 9. The second-order valence-electron chi connectivity index (χ2n) is 11.1. The van der Waals surface area contributed by atoms with Crippen LogP contribution >= 0.6 is 56.7 Å². The Morgan fingerprint density at radius 2 is 1.37 bits per heavy atom. The summed E-state index contributed by atoms with van der Waals surface area (Å²) in [4.78, 5) is 19.5. The molecule has 2 aliphatic carbocycles. The number of amidine groups is 2. The zero-order chi connectivity index (χ0) is 30.3. The molecule has 7 rings (SSSR count). The first-order valence-corrected chi connectivity index (χ1v) is 17.1. The summed E-state index contributed by atoms with van der Waals surface area (Å²) in [6.07, 6.45) is 2.37. The minimum atomic E-state index is -0.213. The highest BCUT2D eigenvalue weighted by Gasteiger charge is 2.50. The third-order valence-corrected chi connectivity index (χ3v) is 14.0.